The molecule has 0 amide bonds. The Morgan fingerprint density at radius 1 is 1.75 bits per heavy atom. The molecule has 1 saturated heterocycles. The van der Waals surface area contributed by atoms with Crippen LogP contribution in [0.1, 0.15) is 26.7 Å². The van der Waals surface area contributed by atoms with Gasteiger partial charge in [0, 0.05) is 12.8 Å². The maximum atomic E-state index is 11.1. The number of hydrogen-bond acceptors (Lipinski definition) is 2. The maximum Gasteiger partial charge on any atom is 0.315 e. The van der Waals surface area contributed by atoms with Crippen molar-refractivity contribution >= 4 is 5.97 Å². The molecule has 0 aromatic heterocycles. The summed E-state index contributed by atoms with van der Waals surface area (Å²) >= 11 is 0. The van der Waals surface area contributed by atoms with Gasteiger partial charge in [0.25, 0.3) is 0 Å². The Morgan fingerprint density at radius 2 is 2.50 bits per heavy atom. The Labute approximate surface area is 72.6 Å². The van der Waals surface area contributed by atoms with Gasteiger partial charge in [-0.15, -0.1) is 11.8 Å². The van der Waals surface area contributed by atoms with Crippen molar-refractivity contribution in [3.05, 3.63) is 11.8 Å². The van der Waals surface area contributed by atoms with Crippen LogP contribution in [0.15, 0.2) is 11.8 Å². The van der Waals surface area contributed by atoms with E-state index in [0.717, 1.165) is 5.76 Å². The van der Waals surface area contributed by atoms with Crippen molar-refractivity contribution in [3.8, 4) is 11.8 Å². The van der Waals surface area contributed by atoms with E-state index in [0.29, 0.717) is 12.8 Å². The third-order valence-electron chi connectivity index (χ3n) is 1.86. The molecule has 1 heterocycles. The third-order valence-corrected chi connectivity index (χ3v) is 1.86. The van der Waals surface area contributed by atoms with Crippen molar-refractivity contribution in [2.75, 3.05) is 0 Å². The molecule has 0 aromatic carbocycles. The van der Waals surface area contributed by atoms with Gasteiger partial charge < -0.3 is 4.74 Å². The Hall–Kier alpha value is -1.23. The minimum atomic E-state index is -0.133. The van der Waals surface area contributed by atoms with Gasteiger partial charge in [0.05, 0.1) is 5.92 Å². The van der Waals surface area contributed by atoms with Crippen LogP contribution in [0.25, 0.3) is 0 Å². The molecule has 0 saturated carbocycles. The second-order valence-electron chi connectivity index (χ2n) is 2.71. The number of ether oxygens (including phenoxy) is 1. The van der Waals surface area contributed by atoms with Crippen LogP contribution in [0.5, 0.6) is 0 Å². The fourth-order valence-corrected chi connectivity index (χ4v) is 1.14. The normalized spacial score (nSPS) is 25.0. The highest BCUT2D eigenvalue weighted by atomic mass is 16.5. The van der Waals surface area contributed by atoms with E-state index in [1.165, 1.54) is 0 Å². The second-order valence-corrected chi connectivity index (χ2v) is 2.71. The van der Waals surface area contributed by atoms with Crippen molar-refractivity contribution in [1.82, 2.24) is 0 Å². The van der Waals surface area contributed by atoms with E-state index < -0.39 is 0 Å². The molecule has 1 aliphatic heterocycles. The first-order chi connectivity index (χ1) is 5.77. The Balaban J connectivity index is 2.56. The average molecular weight is 164 g/mol. The summed E-state index contributed by atoms with van der Waals surface area (Å²) in [6.07, 6.45) is 3.16. The van der Waals surface area contributed by atoms with Gasteiger partial charge in [-0.25, -0.2) is 0 Å². The van der Waals surface area contributed by atoms with Crippen molar-refractivity contribution < 1.29 is 9.53 Å². The molecule has 0 N–H and O–H groups in total. The molecule has 1 rings (SSSR count). The summed E-state index contributed by atoms with van der Waals surface area (Å²) in [5.74, 6) is 6.27. The van der Waals surface area contributed by atoms with Gasteiger partial charge in [0.2, 0.25) is 0 Å². The fourth-order valence-electron chi connectivity index (χ4n) is 1.14. The van der Waals surface area contributed by atoms with E-state index in [4.69, 9.17) is 4.74 Å². The van der Waals surface area contributed by atoms with E-state index in [-0.39, 0.29) is 11.9 Å². The predicted octanol–water partition coefficient (Wildman–Crippen LogP) is 1.87. The summed E-state index contributed by atoms with van der Waals surface area (Å²) in [5, 5.41) is 0. The van der Waals surface area contributed by atoms with Gasteiger partial charge in [0.1, 0.15) is 5.76 Å². The zero-order valence-corrected chi connectivity index (χ0v) is 7.39. The van der Waals surface area contributed by atoms with Crippen LogP contribution in [0.4, 0.5) is 0 Å². The number of rotatable bonds is 1. The smallest absolute Gasteiger partial charge is 0.315 e. The third kappa shape index (κ3) is 1.88. The average Bonchev–Trinajstić information content (AvgIpc) is 2.43. The SMILES string of the molecule is CC#CCC1C/C(=C/C)OC1=O. The van der Waals surface area contributed by atoms with Gasteiger partial charge in [-0.05, 0) is 19.9 Å². The molecule has 1 aliphatic rings. The molecule has 0 bridgehead atoms. The van der Waals surface area contributed by atoms with Crippen LogP contribution in [-0.4, -0.2) is 5.97 Å². The number of hydrogen-bond donors (Lipinski definition) is 0. The molecule has 1 unspecified atom stereocenters. The van der Waals surface area contributed by atoms with E-state index in [2.05, 4.69) is 11.8 Å². The van der Waals surface area contributed by atoms with E-state index in [1.54, 1.807) is 6.92 Å². The van der Waals surface area contributed by atoms with Crippen molar-refractivity contribution in [2.45, 2.75) is 26.7 Å². The number of carbonyl (C=O) groups is 1. The summed E-state index contributed by atoms with van der Waals surface area (Å²) in [6.45, 7) is 3.65. The zero-order valence-electron chi connectivity index (χ0n) is 7.39. The summed E-state index contributed by atoms with van der Waals surface area (Å²) in [6, 6.07) is 0. The van der Waals surface area contributed by atoms with E-state index in [1.807, 2.05) is 13.0 Å². The summed E-state index contributed by atoms with van der Waals surface area (Å²) in [7, 11) is 0. The van der Waals surface area contributed by atoms with Gasteiger partial charge >= 0.3 is 5.97 Å². The summed E-state index contributed by atoms with van der Waals surface area (Å²) in [4.78, 5) is 11.1. The van der Waals surface area contributed by atoms with E-state index in [9.17, 15) is 4.79 Å². The summed E-state index contributed by atoms with van der Waals surface area (Å²) < 4.78 is 4.97. The fraction of sp³-hybridized carbons (Fsp3) is 0.500. The first-order valence-electron chi connectivity index (χ1n) is 4.04. The minimum Gasteiger partial charge on any atom is -0.431 e. The van der Waals surface area contributed by atoms with Crippen LogP contribution in [-0.2, 0) is 9.53 Å². The van der Waals surface area contributed by atoms with Crippen molar-refractivity contribution in [3.63, 3.8) is 0 Å². The monoisotopic (exact) mass is 164 g/mol. The first-order valence-corrected chi connectivity index (χ1v) is 4.04. The van der Waals surface area contributed by atoms with Crippen LogP contribution in [0, 0.1) is 17.8 Å². The van der Waals surface area contributed by atoms with Crippen molar-refractivity contribution in [1.29, 1.82) is 0 Å². The number of allylic oxidation sites excluding steroid dienone is 2. The molecule has 1 fully saturated rings. The van der Waals surface area contributed by atoms with Crippen LogP contribution >= 0.6 is 0 Å². The quantitative estimate of drug-likeness (QED) is 0.437. The molecule has 0 aliphatic carbocycles. The largest absolute Gasteiger partial charge is 0.431 e. The number of cyclic esters (lactones) is 1. The standard InChI is InChI=1S/C10H12O2/c1-3-5-6-8-7-9(4-2)12-10(8)11/h4,8H,6-7H2,1-2H3/b9-4-. The molecule has 2 heteroatoms. The topological polar surface area (TPSA) is 26.3 Å². The van der Waals surface area contributed by atoms with Crippen LogP contribution in [0.3, 0.4) is 0 Å². The number of carbonyl (C=O) groups excluding carboxylic acids is 1. The highest BCUT2D eigenvalue weighted by Crippen LogP contribution is 2.26. The summed E-state index contributed by atoms with van der Waals surface area (Å²) in [5.41, 5.74) is 0. The Kier molecular flexibility index (Phi) is 2.93. The lowest BCUT2D eigenvalue weighted by molar-refractivity contribution is -0.138. The van der Waals surface area contributed by atoms with Crippen LogP contribution in [0.2, 0.25) is 0 Å². The second kappa shape index (κ2) is 3.96. The van der Waals surface area contributed by atoms with Gasteiger partial charge in [-0.2, -0.15) is 0 Å². The molecular formula is C10H12O2. The lowest BCUT2D eigenvalue weighted by Crippen LogP contribution is -2.05. The number of esters is 1. The van der Waals surface area contributed by atoms with Gasteiger partial charge in [0.15, 0.2) is 0 Å². The lowest BCUT2D eigenvalue weighted by Gasteiger charge is -1.94. The van der Waals surface area contributed by atoms with Crippen molar-refractivity contribution in [2.24, 2.45) is 5.92 Å². The Morgan fingerprint density at radius 3 is 3.00 bits per heavy atom. The molecule has 12 heavy (non-hydrogen) atoms. The van der Waals surface area contributed by atoms with E-state index >= 15 is 0 Å². The molecular weight excluding hydrogens is 152 g/mol. The highest BCUT2D eigenvalue weighted by molar-refractivity contribution is 5.76. The highest BCUT2D eigenvalue weighted by Gasteiger charge is 2.29. The first kappa shape index (κ1) is 8.86. The molecule has 64 valence electrons. The molecule has 2 nitrogen and oxygen atoms in total. The molecule has 0 radical (unpaired) electrons. The lowest BCUT2D eigenvalue weighted by atomic mass is 10.0. The molecule has 1 atom stereocenters. The zero-order chi connectivity index (χ0) is 8.97. The Bertz CT molecular complexity index is 265. The molecule has 0 spiro atoms. The minimum absolute atomic E-state index is 0.0383. The molecule has 0 aromatic rings. The van der Waals surface area contributed by atoms with Crippen LogP contribution < -0.4 is 0 Å². The maximum absolute atomic E-state index is 11.1. The van der Waals surface area contributed by atoms with Gasteiger partial charge in [-0.3, -0.25) is 4.79 Å². The van der Waals surface area contributed by atoms with Gasteiger partial charge in [-0.1, -0.05) is 0 Å². The predicted molar refractivity (Wildman–Crippen MR) is 46.0 cm³/mol.